The van der Waals surface area contributed by atoms with Crippen molar-refractivity contribution in [3.05, 3.63) is 88.9 Å². The summed E-state index contributed by atoms with van der Waals surface area (Å²) >= 11 is 6.23. The van der Waals surface area contributed by atoms with Crippen LogP contribution in [0, 0.1) is 5.92 Å². The fraction of sp³-hybridized carbons (Fsp3) is 0.192. The van der Waals surface area contributed by atoms with Crippen LogP contribution >= 0.6 is 11.6 Å². The molecule has 8 heteroatoms. The maximum Gasteiger partial charge on any atom is 0.253 e. The molecule has 0 bridgehead atoms. The molecular weight excluding hydrogens is 454 g/mol. The third-order valence-corrected chi connectivity index (χ3v) is 5.98. The SMILES string of the molecule is COc1cccc(CNC(=O)c2ccccc2NC(=O)[C@@H]2CC(=O)N(c3ccccc3Cl)C2)c1. The van der Waals surface area contributed by atoms with Gasteiger partial charge in [0.25, 0.3) is 5.91 Å². The first-order valence-corrected chi connectivity index (χ1v) is 11.2. The van der Waals surface area contributed by atoms with Gasteiger partial charge in [-0.15, -0.1) is 0 Å². The third-order valence-electron chi connectivity index (χ3n) is 5.66. The minimum Gasteiger partial charge on any atom is -0.497 e. The van der Waals surface area contributed by atoms with Gasteiger partial charge in [-0.05, 0) is 42.0 Å². The summed E-state index contributed by atoms with van der Waals surface area (Å²) in [5.41, 5.74) is 2.20. The highest BCUT2D eigenvalue weighted by atomic mass is 35.5. The summed E-state index contributed by atoms with van der Waals surface area (Å²) in [4.78, 5) is 39.9. The van der Waals surface area contributed by atoms with E-state index in [0.717, 1.165) is 5.56 Å². The van der Waals surface area contributed by atoms with Crippen molar-refractivity contribution in [3.8, 4) is 5.75 Å². The number of ether oxygens (including phenoxy) is 1. The minimum absolute atomic E-state index is 0.0707. The molecule has 1 saturated heterocycles. The lowest BCUT2D eigenvalue weighted by Gasteiger charge is -2.18. The highest BCUT2D eigenvalue weighted by Gasteiger charge is 2.36. The van der Waals surface area contributed by atoms with Crippen LogP contribution in [0.25, 0.3) is 0 Å². The van der Waals surface area contributed by atoms with Crippen molar-refractivity contribution in [1.82, 2.24) is 5.32 Å². The van der Waals surface area contributed by atoms with Gasteiger partial charge in [-0.1, -0.05) is 48.0 Å². The first-order valence-electron chi connectivity index (χ1n) is 10.8. The van der Waals surface area contributed by atoms with Crippen LogP contribution in [0.1, 0.15) is 22.3 Å². The number of rotatable bonds is 7. The van der Waals surface area contributed by atoms with Crippen LogP contribution < -0.4 is 20.3 Å². The number of benzene rings is 3. The molecule has 4 rings (SSSR count). The van der Waals surface area contributed by atoms with Crippen LogP contribution in [0.5, 0.6) is 5.75 Å². The predicted molar refractivity (Wildman–Crippen MR) is 131 cm³/mol. The van der Waals surface area contributed by atoms with E-state index in [0.29, 0.717) is 34.3 Å². The van der Waals surface area contributed by atoms with Crippen molar-refractivity contribution in [1.29, 1.82) is 0 Å². The molecule has 0 aromatic heterocycles. The Balaban J connectivity index is 1.42. The summed E-state index contributed by atoms with van der Waals surface area (Å²) in [6, 6.07) is 21.2. The summed E-state index contributed by atoms with van der Waals surface area (Å²) in [5.74, 6) is -0.666. The molecule has 7 nitrogen and oxygen atoms in total. The Bertz CT molecular complexity index is 1230. The zero-order valence-electron chi connectivity index (χ0n) is 18.6. The van der Waals surface area contributed by atoms with E-state index in [1.54, 1.807) is 55.6 Å². The molecule has 174 valence electrons. The van der Waals surface area contributed by atoms with Gasteiger partial charge in [0, 0.05) is 19.5 Å². The number of para-hydroxylation sites is 2. The zero-order valence-corrected chi connectivity index (χ0v) is 19.3. The van der Waals surface area contributed by atoms with Crippen LogP contribution in [0.4, 0.5) is 11.4 Å². The van der Waals surface area contributed by atoms with Gasteiger partial charge in [0.15, 0.2) is 0 Å². The molecule has 0 unspecified atom stereocenters. The van der Waals surface area contributed by atoms with Gasteiger partial charge in [0.2, 0.25) is 11.8 Å². The molecule has 2 N–H and O–H groups in total. The Morgan fingerprint density at radius 2 is 1.82 bits per heavy atom. The predicted octanol–water partition coefficient (Wildman–Crippen LogP) is 4.27. The van der Waals surface area contributed by atoms with Gasteiger partial charge in [-0.2, -0.15) is 0 Å². The zero-order chi connectivity index (χ0) is 24.1. The normalized spacial score (nSPS) is 15.2. The van der Waals surface area contributed by atoms with Crippen molar-refractivity contribution in [2.75, 3.05) is 23.9 Å². The highest BCUT2D eigenvalue weighted by Crippen LogP contribution is 2.31. The van der Waals surface area contributed by atoms with Gasteiger partial charge in [-0.25, -0.2) is 0 Å². The van der Waals surface area contributed by atoms with Crippen LogP contribution in [-0.4, -0.2) is 31.4 Å². The molecule has 0 aliphatic carbocycles. The number of anilines is 2. The summed E-state index contributed by atoms with van der Waals surface area (Å²) in [5, 5.41) is 6.15. The largest absolute Gasteiger partial charge is 0.497 e. The molecule has 34 heavy (non-hydrogen) atoms. The number of hydrogen-bond donors (Lipinski definition) is 2. The van der Waals surface area contributed by atoms with Crippen molar-refractivity contribution in [2.45, 2.75) is 13.0 Å². The summed E-state index contributed by atoms with van der Waals surface area (Å²) in [6.07, 6.45) is 0.0707. The van der Waals surface area contributed by atoms with Gasteiger partial charge in [-0.3, -0.25) is 14.4 Å². The first-order chi connectivity index (χ1) is 16.5. The van der Waals surface area contributed by atoms with Crippen LogP contribution in [0.3, 0.4) is 0 Å². The third kappa shape index (κ3) is 5.21. The second kappa shape index (κ2) is 10.4. The van der Waals surface area contributed by atoms with Crippen molar-refractivity contribution in [2.24, 2.45) is 5.92 Å². The Hall–Kier alpha value is -3.84. The Kier molecular flexibility index (Phi) is 7.13. The molecule has 1 aliphatic heterocycles. The van der Waals surface area contributed by atoms with E-state index in [1.165, 1.54) is 4.90 Å². The fourth-order valence-electron chi connectivity index (χ4n) is 3.87. The van der Waals surface area contributed by atoms with E-state index < -0.39 is 5.92 Å². The smallest absolute Gasteiger partial charge is 0.253 e. The summed E-state index contributed by atoms with van der Waals surface area (Å²) in [7, 11) is 1.59. The van der Waals surface area contributed by atoms with Crippen molar-refractivity contribution >= 4 is 40.7 Å². The number of halogens is 1. The molecule has 1 atom stereocenters. The van der Waals surface area contributed by atoms with Gasteiger partial charge < -0.3 is 20.3 Å². The van der Waals surface area contributed by atoms with Crippen LogP contribution in [0.15, 0.2) is 72.8 Å². The second-order valence-corrected chi connectivity index (χ2v) is 8.33. The number of methoxy groups -OCH3 is 1. The lowest BCUT2D eigenvalue weighted by molar-refractivity contribution is -0.122. The van der Waals surface area contributed by atoms with E-state index in [1.807, 2.05) is 24.3 Å². The Labute approximate surface area is 202 Å². The lowest BCUT2D eigenvalue weighted by Crippen LogP contribution is -2.29. The maximum atomic E-state index is 13.0. The fourth-order valence-corrected chi connectivity index (χ4v) is 4.11. The molecule has 0 spiro atoms. The first kappa shape index (κ1) is 23.3. The quantitative estimate of drug-likeness (QED) is 0.532. The average Bonchev–Trinajstić information content (AvgIpc) is 3.24. The molecule has 1 heterocycles. The monoisotopic (exact) mass is 477 g/mol. The molecule has 1 aliphatic rings. The summed E-state index contributed by atoms with van der Waals surface area (Å²) < 4.78 is 5.21. The highest BCUT2D eigenvalue weighted by molar-refractivity contribution is 6.34. The number of carbonyl (C=O) groups excluding carboxylic acids is 3. The number of nitrogens with zero attached hydrogens (tertiary/aromatic N) is 1. The van der Waals surface area contributed by atoms with Gasteiger partial charge >= 0.3 is 0 Å². The molecule has 1 fully saturated rings. The van der Waals surface area contributed by atoms with Gasteiger partial charge in [0.1, 0.15) is 5.75 Å². The van der Waals surface area contributed by atoms with E-state index in [2.05, 4.69) is 10.6 Å². The second-order valence-electron chi connectivity index (χ2n) is 7.93. The minimum atomic E-state index is -0.559. The van der Waals surface area contributed by atoms with E-state index in [9.17, 15) is 14.4 Å². The molecule has 0 radical (unpaired) electrons. The topological polar surface area (TPSA) is 87.7 Å². The van der Waals surface area contributed by atoms with E-state index >= 15 is 0 Å². The van der Waals surface area contributed by atoms with E-state index in [-0.39, 0.29) is 30.7 Å². The summed E-state index contributed by atoms with van der Waals surface area (Å²) in [6.45, 7) is 0.529. The van der Waals surface area contributed by atoms with Gasteiger partial charge in [0.05, 0.1) is 35.0 Å². The average molecular weight is 478 g/mol. The Morgan fingerprint density at radius 1 is 1.06 bits per heavy atom. The Morgan fingerprint density at radius 3 is 2.62 bits per heavy atom. The number of hydrogen-bond acceptors (Lipinski definition) is 4. The molecule has 3 aromatic rings. The maximum absolute atomic E-state index is 13.0. The van der Waals surface area contributed by atoms with Crippen molar-refractivity contribution < 1.29 is 19.1 Å². The van der Waals surface area contributed by atoms with Crippen LogP contribution in [0.2, 0.25) is 5.02 Å². The van der Waals surface area contributed by atoms with E-state index in [4.69, 9.17) is 16.3 Å². The molecule has 3 aromatic carbocycles. The molecule has 0 saturated carbocycles. The number of amides is 3. The molecule has 3 amide bonds. The number of nitrogens with one attached hydrogen (secondary N) is 2. The van der Waals surface area contributed by atoms with Crippen molar-refractivity contribution in [3.63, 3.8) is 0 Å². The lowest BCUT2D eigenvalue weighted by atomic mass is 10.1. The standard InChI is InChI=1S/C26H24ClN3O4/c1-34-19-8-6-7-17(13-19)15-28-26(33)20-9-2-4-11-22(20)29-25(32)18-14-24(31)30(16-18)23-12-5-3-10-21(23)27/h2-13,18H,14-16H2,1H3,(H,28,33)(H,29,32)/t18-/m1/s1. The van der Waals surface area contributed by atoms with Crippen LogP contribution in [-0.2, 0) is 16.1 Å². The number of carbonyl (C=O) groups is 3. The molecular formula is C26H24ClN3O4.